The van der Waals surface area contributed by atoms with E-state index < -0.39 is 11.8 Å². The Labute approximate surface area is 314 Å². The van der Waals surface area contributed by atoms with Crippen LogP contribution in [0, 0.1) is 23.7 Å². The van der Waals surface area contributed by atoms with Crippen molar-refractivity contribution < 1.29 is 57.7 Å². The fourth-order valence-electron chi connectivity index (χ4n) is 7.53. The Morgan fingerprint density at radius 3 is 1.19 bits per heavy atom. The molecule has 54 heavy (non-hydrogen) atoms. The molecule has 6 rings (SSSR count). The van der Waals surface area contributed by atoms with Crippen molar-refractivity contribution >= 4 is 11.9 Å². The van der Waals surface area contributed by atoms with E-state index in [1.807, 2.05) is 36.4 Å². The van der Waals surface area contributed by atoms with Gasteiger partial charge in [0.2, 0.25) is 0 Å². The lowest BCUT2D eigenvalue weighted by Gasteiger charge is -2.20. The fraction of sp³-hybridized carbons (Fsp3) is 0.381. The van der Waals surface area contributed by atoms with Crippen LogP contribution in [-0.4, -0.2) is 78.0 Å². The third kappa shape index (κ3) is 7.78. The van der Waals surface area contributed by atoms with E-state index in [4.69, 9.17) is 37.9 Å². The average Bonchev–Trinajstić information content (AvgIpc) is 3.71. The Kier molecular flexibility index (Phi) is 11.6. The number of hydrogen-bond donors (Lipinski definition) is 2. The van der Waals surface area contributed by atoms with Gasteiger partial charge in [-0.1, -0.05) is 12.1 Å². The quantitative estimate of drug-likeness (QED) is 0.138. The van der Waals surface area contributed by atoms with Gasteiger partial charge in [0.1, 0.15) is 0 Å². The number of benzene rings is 4. The van der Waals surface area contributed by atoms with Gasteiger partial charge in [0, 0.05) is 23.0 Å². The lowest BCUT2D eigenvalue weighted by molar-refractivity contribution is -0.142. The maximum absolute atomic E-state index is 13.1. The van der Waals surface area contributed by atoms with Gasteiger partial charge in [0.05, 0.1) is 67.7 Å². The fourth-order valence-corrected chi connectivity index (χ4v) is 7.53. The highest BCUT2D eigenvalue weighted by atomic mass is 16.5. The number of phenols is 2. The van der Waals surface area contributed by atoms with Crippen LogP contribution >= 0.6 is 0 Å². The third-order valence-electron chi connectivity index (χ3n) is 10.4. The Morgan fingerprint density at radius 2 is 0.833 bits per heavy atom. The summed E-state index contributed by atoms with van der Waals surface area (Å²) in [6, 6.07) is 18.2. The molecule has 0 bridgehead atoms. The predicted octanol–water partition coefficient (Wildman–Crippen LogP) is 5.97. The molecule has 0 aliphatic carbocycles. The molecule has 0 aromatic heterocycles. The zero-order valence-corrected chi connectivity index (χ0v) is 31.3. The number of esters is 2. The smallest absolute Gasteiger partial charge is 0.309 e. The lowest BCUT2D eigenvalue weighted by Crippen LogP contribution is -2.21. The monoisotopic (exact) mass is 742 g/mol. The van der Waals surface area contributed by atoms with E-state index in [0.29, 0.717) is 59.8 Å². The molecule has 4 aromatic carbocycles. The molecule has 12 nitrogen and oxygen atoms in total. The summed E-state index contributed by atoms with van der Waals surface area (Å²) in [5.41, 5.74) is 3.88. The number of carbonyl (C=O) groups is 2. The molecule has 2 N–H and O–H groups in total. The molecule has 2 heterocycles. The Bertz CT molecular complexity index is 1860. The van der Waals surface area contributed by atoms with E-state index in [1.165, 1.54) is 14.2 Å². The number of hydrogen-bond acceptors (Lipinski definition) is 12. The standard InChI is InChI=1S/C42H46O12/c1-47-33-9-7-23(17-35(33)49-3)11-27-21-53-41(45)29(27)13-25-15-31(39(43)37(19-25)51-5)32-16-26(20-38(52-6)40(32)44)14-30-28(22-54-42(30)46)12-24-8-10-34(48-2)36(18-24)50-4/h7-10,15-20,27-30,43-44H,11-14,21-22H2,1-6H3/t27-,28-,29-,30-/m1/s1. The Morgan fingerprint density at radius 1 is 0.481 bits per heavy atom. The first-order chi connectivity index (χ1) is 26.1. The molecule has 286 valence electrons. The van der Waals surface area contributed by atoms with Crippen LogP contribution in [-0.2, 0) is 44.7 Å². The van der Waals surface area contributed by atoms with Crippen molar-refractivity contribution in [1.82, 2.24) is 0 Å². The number of cyclic esters (lactones) is 2. The number of aromatic hydroxyl groups is 2. The minimum Gasteiger partial charge on any atom is -0.504 e. The summed E-state index contributed by atoms with van der Waals surface area (Å²) in [5, 5.41) is 22.9. The highest BCUT2D eigenvalue weighted by Gasteiger charge is 2.39. The molecule has 0 saturated carbocycles. The van der Waals surface area contributed by atoms with Gasteiger partial charge in [-0.05, 0) is 96.5 Å². The van der Waals surface area contributed by atoms with Gasteiger partial charge in [-0.3, -0.25) is 9.59 Å². The number of carbonyl (C=O) groups excluding carboxylic acids is 2. The number of phenolic OH excluding ortho intramolecular Hbond substituents is 2. The summed E-state index contributed by atoms with van der Waals surface area (Å²) in [6.07, 6.45) is 1.72. The van der Waals surface area contributed by atoms with Gasteiger partial charge in [0.15, 0.2) is 46.0 Å². The van der Waals surface area contributed by atoms with Crippen LogP contribution in [0.25, 0.3) is 11.1 Å². The minimum atomic E-state index is -0.481. The normalized spacial score (nSPS) is 19.2. The summed E-state index contributed by atoms with van der Waals surface area (Å²) >= 11 is 0. The van der Waals surface area contributed by atoms with E-state index in [9.17, 15) is 19.8 Å². The second-order valence-electron chi connectivity index (χ2n) is 13.6. The topological polar surface area (TPSA) is 148 Å². The first-order valence-electron chi connectivity index (χ1n) is 17.7. The van der Waals surface area contributed by atoms with Gasteiger partial charge in [-0.2, -0.15) is 0 Å². The highest BCUT2D eigenvalue weighted by molar-refractivity contribution is 5.82. The zero-order chi connectivity index (χ0) is 38.5. The molecule has 4 atom stereocenters. The minimum absolute atomic E-state index is 0.131. The molecule has 12 heteroatoms. The van der Waals surface area contributed by atoms with Gasteiger partial charge in [-0.15, -0.1) is 0 Å². The van der Waals surface area contributed by atoms with E-state index in [2.05, 4.69) is 0 Å². The van der Waals surface area contributed by atoms with Crippen molar-refractivity contribution in [3.8, 4) is 57.1 Å². The molecule has 2 aliphatic rings. The summed E-state index contributed by atoms with van der Waals surface area (Å²) in [4.78, 5) is 26.2. The van der Waals surface area contributed by atoms with Gasteiger partial charge >= 0.3 is 11.9 Å². The van der Waals surface area contributed by atoms with Crippen molar-refractivity contribution in [2.45, 2.75) is 25.7 Å². The molecule has 0 amide bonds. The largest absolute Gasteiger partial charge is 0.504 e. The van der Waals surface area contributed by atoms with Crippen LogP contribution in [0.5, 0.6) is 46.0 Å². The Balaban J connectivity index is 1.29. The molecular weight excluding hydrogens is 696 g/mol. The average molecular weight is 743 g/mol. The molecule has 0 unspecified atom stereocenters. The van der Waals surface area contributed by atoms with E-state index in [-0.39, 0.29) is 71.1 Å². The van der Waals surface area contributed by atoms with Gasteiger partial charge < -0.3 is 48.1 Å². The van der Waals surface area contributed by atoms with Gasteiger partial charge in [-0.25, -0.2) is 0 Å². The molecule has 4 aromatic rings. The van der Waals surface area contributed by atoms with Crippen molar-refractivity contribution in [2.24, 2.45) is 23.7 Å². The molecule has 2 saturated heterocycles. The third-order valence-corrected chi connectivity index (χ3v) is 10.4. The van der Waals surface area contributed by atoms with Crippen LogP contribution in [0.3, 0.4) is 0 Å². The van der Waals surface area contributed by atoms with Crippen LogP contribution in [0.2, 0.25) is 0 Å². The van der Waals surface area contributed by atoms with Gasteiger partial charge in [0.25, 0.3) is 0 Å². The molecule has 2 fully saturated rings. The van der Waals surface area contributed by atoms with E-state index in [1.54, 1.807) is 52.7 Å². The summed E-state index contributed by atoms with van der Waals surface area (Å²) in [7, 11) is 9.18. The zero-order valence-electron chi connectivity index (χ0n) is 31.3. The van der Waals surface area contributed by atoms with Crippen LogP contribution < -0.4 is 28.4 Å². The first-order valence-corrected chi connectivity index (χ1v) is 17.7. The second-order valence-corrected chi connectivity index (χ2v) is 13.6. The highest BCUT2D eigenvalue weighted by Crippen LogP contribution is 2.47. The summed E-state index contributed by atoms with van der Waals surface area (Å²) < 4.78 is 43.9. The first kappa shape index (κ1) is 38.0. The molecular formula is C42H46O12. The number of methoxy groups -OCH3 is 6. The number of ether oxygens (including phenoxy) is 8. The van der Waals surface area contributed by atoms with Crippen molar-refractivity contribution in [2.75, 3.05) is 55.9 Å². The number of rotatable bonds is 15. The van der Waals surface area contributed by atoms with Crippen LogP contribution in [0.4, 0.5) is 0 Å². The van der Waals surface area contributed by atoms with Crippen LogP contribution in [0.15, 0.2) is 60.7 Å². The van der Waals surface area contributed by atoms with Crippen molar-refractivity contribution in [3.63, 3.8) is 0 Å². The maximum atomic E-state index is 13.1. The van der Waals surface area contributed by atoms with Crippen molar-refractivity contribution in [1.29, 1.82) is 0 Å². The molecule has 0 radical (unpaired) electrons. The van der Waals surface area contributed by atoms with E-state index >= 15 is 0 Å². The Hall–Kier alpha value is -5.78. The predicted molar refractivity (Wildman–Crippen MR) is 198 cm³/mol. The maximum Gasteiger partial charge on any atom is 0.309 e. The SMILES string of the molecule is COc1ccc(C[C@@H]2COC(=O)[C@@H]2Cc2cc(OC)c(O)c(-c3cc(C[C@H]4C(=O)OC[C@H]4Cc4ccc(OC)c(OC)c4)cc(OC)c3O)c2)cc1OC. The van der Waals surface area contributed by atoms with E-state index in [0.717, 1.165) is 11.1 Å². The van der Waals surface area contributed by atoms with Crippen LogP contribution in [0.1, 0.15) is 22.3 Å². The summed E-state index contributed by atoms with van der Waals surface area (Å²) in [6.45, 7) is 0.521. The molecule has 2 aliphatic heterocycles. The molecule has 0 spiro atoms. The summed E-state index contributed by atoms with van der Waals surface area (Å²) in [5.74, 6) is 0.519. The lowest BCUT2D eigenvalue weighted by atomic mass is 9.83. The second kappa shape index (κ2) is 16.5. The van der Waals surface area contributed by atoms with Crippen molar-refractivity contribution in [3.05, 3.63) is 82.9 Å².